The summed E-state index contributed by atoms with van der Waals surface area (Å²) in [6.45, 7) is 8.13. The number of pyridine rings is 1. The van der Waals surface area contributed by atoms with Gasteiger partial charge in [0.15, 0.2) is 0 Å². The summed E-state index contributed by atoms with van der Waals surface area (Å²) in [6, 6.07) is 7.91. The third-order valence-corrected chi connectivity index (χ3v) is 4.54. The number of benzene rings is 1. The van der Waals surface area contributed by atoms with Crippen molar-refractivity contribution in [3.63, 3.8) is 0 Å². The molecule has 0 unspecified atom stereocenters. The molecule has 1 N–H and O–H groups in total. The molecule has 1 amide bonds. The van der Waals surface area contributed by atoms with Gasteiger partial charge in [0.25, 0.3) is 5.91 Å². The molecule has 6 heteroatoms. The van der Waals surface area contributed by atoms with Gasteiger partial charge in [-0.15, -0.1) is 10.2 Å². The summed E-state index contributed by atoms with van der Waals surface area (Å²) >= 11 is 1.42. The predicted molar refractivity (Wildman–Crippen MR) is 97.6 cm³/mol. The highest BCUT2D eigenvalue weighted by Crippen LogP contribution is 2.21. The van der Waals surface area contributed by atoms with Crippen LogP contribution in [0.4, 0.5) is 5.13 Å². The highest BCUT2D eigenvalue weighted by molar-refractivity contribution is 7.15. The standard InChI is InChI=1S/C18H20N4OS/c1-10(2)7-16-21-22-18(24-16)20-17(23)14-9-13-8-11(3)5-6-15(13)19-12(14)4/h5-6,8-10H,7H2,1-4H3,(H,20,22,23). The van der Waals surface area contributed by atoms with Crippen LogP contribution in [0.1, 0.15) is 40.5 Å². The van der Waals surface area contributed by atoms with Gasteiger partial charge in [0.1, 0.15) is 5.01 Å². The third kappa shape index (κ3) is 3.59. The molecule has 124 valence electrons. The zero-order valence-electron chi connectivity index (χ0n) is 14.3. The quantitative estimate of drug-likeness (QED) is 0.774. The summed E-state index contributed by atoms with van der Waals surface area (Å²) in [5, 5.41) is 13.4. The molecule has 0 saturated carbocycles. The Morgan fingerprint density at radius 1 is 1.21 bits per heavy atom. The number of carbonyl (C=O) groups is 1. The van der Waals surface area contributed by atoms with Crippen LogP contribution in [-0.2, 0) is 6.42 Å². The second-order valence-corrected chi connectivity index (χ2v) is 7.43. The molecule has 0 aliphatic carbocycles. The minimum absolute atomic E-state index is 0.198. The lowest BCUT2D eigenvalue weighted by Crippen LogP contribution is -2.14. The molecule has 2 heterocycles. The van der Waals surface area contributed by atoms with Crippen molar-refractivity contribution in [3.8, 4) is 0 Å². The van der Waals surface area contributed by atoms with Crippen LogP contribution in [0.2, 0.25) is 0 Å². The van der Waals surface area contributed by atoms with Gasteiger partial charge < -0.3 is 0 Å². The first-order chi connectivity index (χ1) is 11.4. The smallest absolute Gasteiger partial charge is 0.259 e. The fraction of sp³-hybridized carbons (Fsp3) is 0.333. The van der Waals surface area contributed by atoms with Gasteiger partial charge in [0.2, 0.25) is 5.13 Å². The molecular formula is C18H20N4OS. The average Bonchev–Trinajstić information content (AvgIpc) is 2.93. The number of anilines is 1. The van der Waals surface area contributed by atoms with E-state index in [1.807, 2.05) is 38.1 Å². The van der Waals surface area contributed by atoms with Crippen molar-refractivity contribution in [2.45, 2.75) is 34.1 Å². The molecule has 3 aromatic rings. The Hall–Kier alpha value is -2.34. The Morgan fingerprint density at radius 2 is 2.00 bits per heavy atom. The lowest BCUT2D eigenvalue weighted by molar-refractivity contribution is 0.102. The molecule has 0 fully saturated rings. The maximum Gasteiger partial charge on any atom is 0.259 e. The lowest BCUT2D eigenvalue weighted by atomic mass is 10.1. The Bertz CT molecular complexity index is 901. The Morgan fingerprint density at radius 3 is 2.75 bits per heavy atom. The summed E-state index contributed by atoms with van der Waals surface area (Å²) in [5.41, 5.74) is 3.30. The SMILES string of the molecule is Cc1ccc2nc(C)c(C(=O)Nc3nnc(CC(C)C)s3)cc2c1. The molecule has 1 aromatic carbocycles. The van der Waals surface area contributed by atoms with Crippen LogP contribution in [0.3, 0.4) is 0 Å². The summed E-state index contributed by atoms with van der Waals surface area (Å²) in [5.74, 6) is 0.312. The van der Waals surface area contributed by atoms with E-state index >= 15 is 0 Å². The normalized spacial score (nSPS) is 11.2. The lowest BCUT2D eigenvalue weighted by Gasteiger charge is -2.07. The second-order valence-electron chi connectivity index (χ2n) is 6.37. The van der Waals surface area contributed by atoms with Gasteiger partial charge >= 0.3 is 0 Å². The van der Waals surface area contributed by atoms with E-state index in [4.69, 9.17) is 0 Å². The molecule has 0 saturated heterocycles. The largest absolute Gasteiger partial charge is 0.296 e. The minimum Gasteiger partial charge on any atom is -0.296 e. The molecule has 0 aliphatic rings. The summed E-state index contributed by atoms with van der Waals surface area (Å²) in [4.78, 5) is 17.1. The van der Waals surface area contributed by atoms with Gasteiger partial charge in [-0.25, -0.2) is 0 Å². The number of hydrogen-bond acceptors (Lipinski definition) is 5. The maximum atomic E-state index is 12.6. The Balaban J connectivity index is 1.85. The van der Waals surface area contributed by atoms with Gasteiger partial charge in [-0.2, -0.15) is 0 Å². The van der Waals surface area contributed by atoms with Crippen molar-refractivity contribution >= 4 is 33.3 Å². The van der Waals surface area contributed by atoms with Crippen molar-refractivity contribution in [2.24, 2.45) is 5.92 Å². The summed E-state index contributed by atoms with van der Waals surface area (Å²) < 4.78 is 0. The molecule has 5 nitrogen and oxygen atoms in total. The van der Waals surface area contributed by atoms with Crippen molar-refractivity contribution in [1.29, 1.82) is 0 Å². The van der Waals surface area contributed by atoms with Gasteiger partial charge in [0, 0.05) is 11.8 Å². The molecule has 2 aromatic heterocycles. The Labute approximate surface area is 145 Å². The van der Waals surface area contributed by atoms with Gasteiger partial charge in [0.05, 0.1) is 16.8 Å². The van der Waals surface area contributed by atoms with E-state index < -0.39 is 0 Å². The first-order valence-electron chi connectivity index (χ1n) is 7.94. The third-order valence-electron chi connectivity index (χ3n) is 3.68. The number of rotatable bonds is 4. The number of carbonyl (C=O) groups excluding carboxylic acids is 1. The van der Waals surface area contributed by atoms with Crippen LogP contribution in [0.25, 0.3) is 10.9 Å². The highest BCUT2D eigenvalue weighted by atomic mass is 32.1. The fourth-order valence-corrected chi connectivity index (χ4v) is 3.47. The molecule has 0 bridgehead atoms. The van der Waals surface area contributed by atoms with Gasteiger partial charge in [-0.05, 0) is 38.0 Å². The minimum atomic E-state index is -0.198. The van der Waals surface area contributed by atoms with Crippen molar-refractivity contribution < 1.29 is 4.79 Å². The number of fused-ring (bicyclic) bond motifs is 1. The fourth-order valence-electron chi connectivity index (χ4n) is 2.52. The van der Waals surface area contributed by atoms with E-state index in [0.717, 1.165) is 27.9 Å². The van der Waals surface area contributed by atoms with Gasteiger partial charge in [-0.1, -0.05) is 36.8 Å². The van der Waals surface area contributed by atoms with E-state index in [1.165, 1.54) is 11.3 Å². The van der Waals surface area contributed by atoms with Crippen LogP contribution >= 0.6 is 11.3 Å². The Kier molecular flexibility index (Phi) is 4.57. The van der Waals surface area contributed by atoms with Crippen molar-refractivity contribution in [2.75, 3.05) is 5.32 Å². The van der Waals surface area contributed by atoms with Gasteiger partial charge in [-0.3, -0.25) is 15.1 Å². The molecular weight excluding hydrogens is 320 g/mol. The highest BCUT2D eigenvalue weighted by Gasteiger charge is 2.15. The summed E-state index contributed by atoms with van der Waals surface area (Å²) in [6.07, 6.45) is 0.864. The van der Waals surface area contributed by atoms with E-state index in [2.05, 4.69) is 34.3 Å². The van der Waals surface area contributed by atoms with E-state index in [-0.39, 0.29) is 5.91 Å². The molecule has 24 heavy (non-hydrogen) atoms. The molecule has 0 radical (unpaired) electrons. The van der Waals surface area contributed by atoms with E-state index in [9.17, 15) is 4.79 Å². The number of nitrogens with zero attached hydrogens (tertiary/aromatic N) is 3. The first kappa shape index (κ1) is 16.5. The summed E-state index contributed by atoms with van der Waals surface area (Å²) in [7, 11) is 0. The molecule has 0 spiro atoms. The number of aromatic nitrogens is 3. The molecule has 3 rings (SSSR count). The number of aryl methyl sites for hydroxylation is 2. The van der Waals surface area contributed by atoms with E-state index in [1.54, 1.807) is 0 Å². The first-order valence-corrected chi connectivity index (χ1v) is 8.76. The number of amides is 1. The molecule has 0 aliphatic heterocycles. The van der Waals surface area contributed by atoms with Crippen LogP contribution in [-0.4, -0.2) is 21.1 Å². The zero-order chi connectivity index (χ0) is 17.3. The zero-order valence-corrected chi connectivity index (χ0v) is 15.1. The van der Waals surface area contributed by atoms with Crippen LogP contribution in [0.5, 0.6) is 0 Å². The van der Waals surface area contributed by atoms with Crippen LogP contribution < -0.4 is 5.32 Å². The molecule has 0 atom stereocenters. The average molecular weight is 340 g/mol. The van der Waals surface area contributed by atoms with Crippen molar-refractivity contribution in [1.82, 2.24) is 15.2 Å². The number of hydrogen-bond donors (Lipinski definition) is 1. The topological polar surface area (TPSA) is 67.8 Å². The number of nitrogens with one attached hydrogen (secondary N) is 1. The predicted octanol–water partition coefficient (Wildman–Crippen LogP) is 4.15. The second kappa shape index (κ2) is 6.65. The maximum absolute atomic E-state index is 12.6. The van der Waals surface area contributed by atoms with E-state index in [0.29, 0.717) is 22.3 Å². The van der Waals surface area contributed by atoms with Crippen molar-refractivity contribution in [3.05, 3.63) is 46.1 Å². The van der Waals surface area contributed by atoms with Crippen LogP contribution in [0, 0.1) is 19.8 Å². The van der Waals surface area contributed by atoms with Crippen LogP contribution in [0.15, 0.2) is 24.3 Å². The monoisotopic (exact) mass is 340 g/mol.